The van der Waals surface area contributed by atoms with Crippen molar-refractivity contribution >= 4 is 0 Å². The van der Waals surface area contributed by atoms with Gasteiger partial charge in [-0.3, -0.25) is 0 Å². The van der Waals surface area contributed by atoms with Crippen molar-refractivity contribution in [1.29, 1.82) is 0 Å². The van der Waals surface area contributed by atoms with Crippen LogP contribution < -0.4 is 5.11 Å². The molecule has 0 unspecified atom stereocenters. The van der Waals surface area contributed by atoms with Crippen LogP contribution in [0.2, 0.25) is 0 Å². The molecule has 0 aromatic carbocycles. The van der Waals surface area contributed by atoms with Crippen LogP contribution in [0.3, 0.4) is 0 Å². The van der Waals surface area contributed by atoms with Gasteiger partial charge in [0.05, 0.1) is 0 Å². The Morgan fingerprint density at radius 1 is 1.25 bits per heavy atom. The summed E-state index contributed by atoms with van der Waals surface area (Å²) >= 11 is 0. The monoisotopic (exact) mass is 134 g/mol. The molecule has 0 aliphatic heterocycles. The predicted octanol–water partition coefficient (Wildman–Crippen LogP) is -0.414. The molecule has 0 aromatic rings. The Kier molecular flexibility index (Phi) is 198. The molecule has 0 rings (SSSR count). The molecule has 0 atom stereocenters. The summed E-state index contributed by atoms with van der Waals surface area (Å²) < 4.78 is 0. The van der Waals surface area contributed by atoms with Crippen molar-refractivity contribution in [3.63, 3.8) is 0 Å². The fourth-order valence-electron chi connectivity index (χ4n) is 0. The van der Waals surface area contributed by atoms with Crippen LogP contribution in [0.15, 0.2) is 0 Å². The molecule has 0 amide bonds. The predicted molar refractivity (Wildman–Crippen MR) is 11.8 cm³/mol. The van der Waals surface area contributed by atoms with Gasteiger partial charge in [0.15, 0.2) is 0 Å². The summed E-state index contributed by atoms with van der Waals surface area (Å²) in [5.74, 6) is 0. The van der Waals surface area contributed by atoms with E-state index in [1.165, 1.54) is 0 Å². The van der Waals surface area contributed by atoms with Crippen molar-refractivity contribution in [3.8, 4) is 0 Å². The van der Waals surface area contributed by atoms with Crippen LogP contribution in [-0.4, -0.2) is 0 Å². The third-order valence-corrected chi connectivity index (χ3v) is 0. The first-order valence-corrected chi connectivity index (χ1v) is 0.289. The van der Waals surface area contributed by atoms with E-state index in [0.717, 1.165) is 0 Å². The Balaban J connectivity index is -0.00000000500. The van der Waals surface area contributed by atoms with E-state index in [2.05, 4.69) is 0 Å². The minimum atomic E-state index is 0. The van der Waals surface area contributed by atoms with Gasteiger partial charge in [-0.15, -0.1) is 0 Å². The maximum Gasteiger partial charge on any atom is 0.0119 e. The molecule has 2 heteroatoms. The summed E-state index contributed by atoms with van der Waals surface area (Å²) in [6, 6.07) is 0. The molecule has 4 heavy (non-hydrogen) atoms. The molecular weight excluding hydrogens is 129 g/mol. The Labute approximate surface area is 52.3 Å². The minimum absolute atomic E-state index is 0. The Morgan fingerprint density at radius 2 is 1.25 bits per heavy atom. The average molecular weight is 134 g/mol. The van der Waals surface area contributed by atoms with Crippen LogP contribution in [-0.2, 0) is 32.7 Å². The first-order valence-electron chi connectivity index (χ1n) is 0.289. The third-order valence-electron chi connectivity index (χ3n) is 0. The quantitative estimate of drug-likeness (QED) is 0.413. The topological polar surface area (TPSA) is 23.1 Å². The molecule has 0 saturated heterocycles. The molecule has 23 valence electrons. The molecule has 0 fully saturated rings. The minimum Gasteiger partial charge on any atom is -0.645 e. The second kappa shape index (κ2) is 38.8. The van der Waals surface area contributed by atoms with Crippen LogP contribution >= 0.6 is 0 Å². The van der Waals surface area contributed by atoms with E-state index < -0.39 is 0 Å². The molecular formula is C2H5OY-. The smallest absolute Gasteiger partial charge is 0.0119 e. The first-order chi connectivity index (χ1) is 1.00. The summed E-state index contributed by atoms with van der Waals surface area (Å²) in [4.78, 5) is 0. The standard InChI is InChI=1S/CH2O.CH3.Y/c1-2;;/h1H2;1H3;/q;-1;. The number of hydrogen-bond acceptors (Lipinski definition) is 1. The van der Waals surface area contributed by atoms with Crippen LogP contribution in [0.1, 0.15) is 0 Å². The molecule has 0 aromatic heterocycles. The van der Waals surface area contributed by atoms with Crippen LogP contribution in [0, 0.1) is 14.5 Å². The third kappa shape index (κ3) is 12.6. The summed E-state index contributed by atoms with van der Waals surface area (Å²) in [5, 5.41) is 8.00. The van der Waals surface area contributed by atoms with Crippen molar-refractivity contribution < 1.29 is 37.8 Å². The zero-order valence-electron chi connectivity index (χ0n) is 2.69. The van der Waals surface area contributed by atoms with Crippen molar-refractivity contribution in [2.24, 2.45) is 0 Å². The van der Waals surface area contributed by atoms with Gasteiger partial charge in [0.1, 0.15) is 0 Å². The fraction of sp³-hybridized carbons (Fsp3) is 0. The second-order valence-electron chi connectivity index (χ2n) is 0. The molecule has 0 aliphatic carbocycles. The normalized spacial score (nSPS) is 1.25. The van der Waals surface area contributed by atoms with Gasteiger partial charge in [-0.25, -0.2) is 0 Å². The van der Waals surface area contributed by atoms with Crippen molar-refractivity contribution in [2.75, 3.05) is 0 Å². The van der Waals surface area contributed by atoms with Gasteiger partial charge < -0.3 is 12.5 Å². The second-order valence-corrected chi connectivity index (χ2v) is 0. The molecule has 0 saturated carbocycles. The van der Waals surface area contributed by atoms with E-state index in [0.29, 0.717) is 0 Å². The summed E-state index contributed by atoms with van der Waals surface area (Å²) in [5.41, 5.74) is 0. The number of hydrogen-bond donors (Lipinski definition) is 0. The molecule has 0 heterocycles. The fourth-order valence-corrected chi connectivity index (χ4v) is 0. The largest absolute Gasteiger partial charge is 0.645 e. The van der Waals surface area contributed by atoms with Crippen molar-refractivity contribution in [3.05, 3.63) is 14.5 Å². The SMILES string of the molecule is [CH2+][O-].[CH3-].[Y]. The van der Waals surface area contributed by atoms with Gasteiger partial charge in [-0.1, -0.05) is 0 Å². The first kappa shape index (κ1) is 20.4. The Bertz CT molecular complexity index is 6.00. The van der Waals surface area contributed by atoms with E-state index in [4.69, 9.17) is 5.11 Å². The van der Waals surface area contributed by atoms with Gasteiger partial charge in [0.2, 0.25) is 0 Å². The van der Waals surface area contributed by atoms with Gasteiger partial charge in [-0.2, -0.15) is 0 Å². The number of rotatable bonds is 0. The molecule has 0 spiro atoms. The molecule has 1 nitrogen and oxygen atoms in total. The van der Waals surface area contributed by atoms with Crippen molar-refractivity contribution in [1.82, 2.24) is 0 Å². The Morgan fingerprint density at radius 3 is 1.25 bits per heavy atom. The van der Waals surface area contributed by atoms with Crippen molar-refractivity contribution in [2.45, 2.75) is 0 Å². The van der Waals surface area contributed by atoms with Crippen LogP contribution in [0.5, 0.6) is 0 Å². The van der Waals surface area contributed by atoms with Gasteiger partial charge in [0.25, 0.3) is 0 Å². The van der Waals surface area contributed by atoms with Crippen LogP contribution in [0.25, 0.3) is 0 Å². The summed E-state index contributed by atoms with van der Waals surface area (Å²) in [6.45, 7) is 0. The zero-order chi connectivity index (χ0) is 2.00. The van der Waals surface area contributed by atoms with E-state index in [1.54, 1.807) is 0 Å². The summed E-state index contributed by atoms with van der Waals surface area (Å²) in [7, 11) is 2.00. The molecule has 0 aliphatic rings. The maximum absolute atomic E-state index is 8.00. The zero-order valence-corrected chi connectivity index (χ0v) is 5.53. The maximum atomic E-state index is 8.00. The van der Waals surface area contributed by atoms with E-state index in [-0.39, 0.29) is 40.1 Å². The Hall–Kier alpha value is 0.934. The van der Waals surface area contributed by atoms with Gasteiger partial charge in [0, 0.05) is 39.8 Å². The molecule has 0 N–H and O–H groups in total. The van der Waals surface area contributed by atoms with Gasteiger partial charge in [-0.05, 0) is 0 Å². The molecule has 1 radical (unpaired) electrons. The van der Waals surface area contributed by atoms with Crippen LogP contribution in [0.4, 0.5) is 0 Å². The summed E-state index contributed by atoms with van der Waals surface area (Å²) in [6.07, 6.45) is 0. The molecule has 0 bridgehead atoms. The average Bonchev–Trinajstić information content (AvgIpc) is 1.00. The van der Waals surface area contributed by atoms with E-state index >= 15 is 0 Å². The van der Waals surface area contributed by atoms with E-state index in [9.17, 15) is 0 Å². The van der Waals surface area contributed by atoms with E-state index in [1.807, 2.05) is 7.11 Å². The van der Waals surface area contributed by atoms with Gasteiger partial charge >= 0.3 is 0 Å².